The number of nitrogens with zero attached hydrogens (tertiary/aromatic N) is 2. The van der Waals surface area contributed by atoms with Gasteiger partial charge in [0.1, 0.15) is 0 Å². The van der Waals surface area contributed by atoms with E-state index in [0.29, 0.717) is 22.3 Å². The van der Waals surface area contributed by atoms with Crippen LogP contribution in [0.1, 0.15) is 25.1 Å². The molecule has 0 aliphatic carbocycles. The van der Waals surface area contributed by atoms with Crippen molar-refractivity contribution >= 4 is 20.9 Å². The van der Waals surface area contributed by atoms with Gasteiger partial charge in [-0.25, -0.2) is 8.89 Å². The summed E-state index contributed by atoms with van der Waals surface area (Å²) in [6, 6.07) is 18.8. The van der Waals surface area contributed by atoms with Gasteiger partial charge in [0.05, 0.1) is 26.9 Å². The first-order chi connectivity index (χ1) is 16.9. The van der Waals surface area contributed by atoms with Crippen LogP contribution in [0.2, 0.25) is 5.02 Å². The summed E-state index contributed by atoms with van der Waals surface area (Å²) in [6.45, 7) is 3.12. The Morgan fingerprint density at radius 3 is 2.19 bits per heavy atom. The quantitative estimate of drug-likeness (QED) is 0.280. The van der Waals surface area contributed by atoms with Gasteiger partial charge in [-0.2, -0.15) is 27.6 Å². The number of alkyl halides is 3. The molecule has 0 radical (unpaired) electrons. The highest BCUT2D eigenvalue weighted by Crippen LogP contribution is 2.40. The molecule has 0 aliphatic rings. The fourth-order valence-corrected chi connectivity index (χ4v) is 5.17. The van der Waals surface area contributed by atoms with Gasteiger partial charge in [0.25, 0.3) is 0 Å². The Morgan fingerprint density at radius 2 is 1.59 bits per heavy atom. The van der Waals surface area contributed by atoms with E-state index in [4.69, 9.17) is 11.6 Å². The molecule has 0 aliphatic heterocycles. The molecule has 0 fully saturated rings. The topological polar surface area (TPSA) is 75.4 Å². The highest BCUT2D eigenvalue weighted by atomic mass is 35.5. The molecule has 10 heteroatoms. The van der Waals surface area contributed by atoms with Crippen LogP contribution in [0.25, 0.3) is 28.1 Å². The molecule has 1 aromatic heterocycles. The van der Waals surface area contributed by atoms with Crippen LogP contribution >= 0.6 is 11.6 Å². The van der Waals surface area contributed by atoms with Crippen LogP contribution in [0.15, 0.2) is 77.7 Å². The van der Waals surface area contributed by atoms with Gasteiger partial charge in [0.15, 0.2) is 5.69 Å². The van der Waals surface area contributed by atoms with E-state index >= 15 is 0 Å². The lowest BCUT2D eigenvalue weighted by Gasteiger charge is -2.34. The number of rotatable bonds is 5. The van der Waals surface area contributed by atoms with Gasteiger partial charge in [-0.05, 0) is 66.9 Å². The summed E-state index contributed by atoms with van der Waals surface area (Å²) in [4.78, 5) is 0.229. The maximum atomic E-state index is 13.6. The summed E-state index contributed by atoms with van der Waals surface area (Å²) >= 11 is 6.29. The summed E-state index contributed by atoms with van der Waals surface area (Å²) in [5.41, 5.74) is -0.159. The molecule has 0 unspecified atom stereocenters. The van der Waals surface area contributed by atoms with Gasteiger partial charge < -0.3 is 5.11 Å². The molecule has 3 aromatic carbocycles. The van der Waals surface area contributed by atoms with Gasteiger partial charge >= 0.3 is 6.18 Å². The maximum absolute atomic E-state index is 13.6. The monoisotopic (exact) mass is 550 g/mol. The van der Waals surface area contributed by atoms with E-state index < -0.39 is 26.8 Å². The number of hydrogen-bond acceptors (Lipinski definition) is 3. The molecule has 1 heterocycles. The Morgan fingerprint density at radius 1 is 0.919 bits per heavy atom. The molecule has 4 aromatic rings. The Hall–Kier alpha value is -2.98. The van der Waals surface area contributed by atoms with Crippen molar-refractivity contribution in [3.63, 3.8) is 0 Å². The lowest BCUT2D eigenvalue weighted by Crippen LogP contribution is -2.28. The van der Waals surface area contributed by atoms with Crippen molar-refractivity contribution in [3.8, 4) is 28.1 Å². The van der Waals surface area contributed by atoms with E-state index in [1.165, 1.54) is 12.5 Å². The minimum absolute atomic E-state index is 0.131. The average molecular weight is 551 g/mol. The van der Waals surface area contributed by atoms with Gasteiger partial charge in [-0.3, -0.25) is 4.55 Å². The van der Waals surface area contributed by atoms with E-state index in [1.54, 1.807) is 80.6 Å². The largest absolute Gasteiger partial charge is 0.435 e. The van der Waals surface area contributed by atoms with Crippen molar-refractivity contribution in [2.75, 3.05) is 12.5 Å². The first-order valence-electron chi connectivity index (χ1n) is 11.2. The molecule has 2 N–H and O–H groups in total. The first-order valence-corrected chi connectivity index (χ1v) is 14.3. The van der Waals surface area contributed by atoms with Crippen molar-refractivity contribution in [1.82, 2.24) is 9.78 Å². The summed E-state index contributed by atoms with van der Waals surface area (Å²) in [6.07, 6.45) is -2.18. The summed E-state index contributed by atoms with van der Waals surface area (Å²) in [5.74, 6) is 0. The van der Waals surface area contributed by atoms with Gasteiger partial charge in [-0.1, -0.05) is 48.0 Å². The van der Waals surface area contributed by atoms with Crippen LogP contribution in [-0.2, 0) is 21.1 Å². The number of aromatic nitrogens is 2. The van der Waals surface area contributed by atoms with Gasteiger partial charge in [0.2, 0.25) is 0 Å². The van der Waals surface area contributed by atoms with E-state index in [-0.39, 0.29) is 21.3 Å². The Kier molecular flexibility index (Phi) is 6.44. The summed E-state index contributed by atoms with van der Waals surface area (Å²) in [7, 11) is -4.04. The Labute approximate surface area is 217 Å². The molecular formula is C27H26ClF3N2O3S. The first kappa shape index (κ1) is 27.1. The van der Waals surface area contributed by atoms with Crippen molar-refractivity contribution in [3.05, 3.63) is 89.1 Å². The summed E-state index contributed by atoms with van der Waals surface area (Å²) in [5, 5.41) is 15.0. The normalized spacial score (nSPS) is 13.8. The van der Waals surface area contributed by atoms with E-state index in [1.807, 2.05) is 0 Å². The maximum Gasteiger partial charge on any atom is 0.435 e. The van der Waals surface area contributed by atoms with Crippen LogP contribution in [-0.4, -0.2) is 36.2 Å². The Balaban J connectivity index is 1.96. The van der Waals surface area contributed by atoms with Crippen LogP contribution in [0.5, 0.6) is 0 Å². The third kappa shape index (κ3) is 5.65. The average Bonchev–Trinajstić information content (AvgIpc) is 3.23. The highest BCUT2D eigenvalue weighted by molar-refractivity contribution is 8.14. The van der Waals surface area contributed by atoms with Crippen molar-refractivity contribution < 1.29 is 27.0 Å². The molecule has 0 saturated heterocycles. The fraction of sp³-hybridized carbons (Fsp3) is 0.222. The number of halogens is 4. The second kappa shape index (κ2) is 8.80. The molecule has 5 nitrogen and oxygen atoms in total. The van der Waals surface area contributed by atoms with Crippen LogP contribution in [0, 0.1) is 0 Å². The van der Waals surface area contributed by atoms with E-state index in [0.717, 1.165) is 10.7 Å². The van der Waals surface area contributed by atoms with E-state index in [9.17, 15) is 27.0 Å². The van der Waals surface area contributed by atoms with Crippen molar-refractivity contribution in [1.29, 1.82) is 0 Å². The Bertz CT molecular complexity index is 1550. The molecule has 0 bridgehead atoms. The lowest BCUT2D eigenvalue weighted by atomic mass is 9.87. The van der Waals surface area contributed by atoms with Crippen LogP contribution < -0.4 is 0 Å². The van der Waals surface area contributed by atoms with Gasteiger partial charge in [-0.15, -0.1) is 0 Å². The minimum Gasteiger partial charge on any atom is -0.386 e. The molecule has 0 saturated carbocycles. The second-order valence-electron chi connectivity index (χ2n) is 9.89. The molecule has 0 amide bonds. The van der Waals surface area contributed by atoms with E-state index in [2.05, 4.69) is 5.10 Å². The van der Waals surface area contributed by atoms with Crippen molar-refractivity contribution in [2.24, 2.45) is 0 Å². The number of aliphatic hydroxyl groups is 1. The number of benzene rings is 3. The third-order valence-electron chi connectivity index (χ3n) is 5.87. The fourth-order valence-electron chi connectivity index (χ4n) is 4.02. The zero-order chi connectivity index (χ0) is 27.4. The SMILES string of the molecule is CC(C)(O)c1cc(-c2cc(C(F)(F)F)nn2-c2ccccc2Cl)ccc1-c1cccc(S(C)(C)(=O)O)c1. The van der Waals surface area contributed by atoms with Crippen LogP contribution in [0.3, 0.4) is 0 Å². The van der Waals surface area contributed by atoms with Crippen LogP contribution in [0.4, 0.5) is 13.2 Å². The molecular weight excluding hydrogens is 525 g/mol. The molecule has 196 valence electrons. The lowest BCUT2D eigenvalue weighted by molar-refractivity contribution is -0.141. The minimum atomic E-state index is -4.69. The predicted molar refractivity (Wildman–Crippen MR) is 141 cm³/mol. The third-order valence-corrected chi connectivity index (χ3v) is 7.79. The number of hydrogen-bond donors (Lipinski definition) is 2. The highest BCUT2D eigenvalue weighted by Gasteiger charge is 2.36. The second-order valence-corrected chi connectivity index (χ2v) is 14.3. The molecule has 0 spiro atoms. The zero-order valence-electron chi connectivity index (χ0n) is 20.5. The van der Waals surface area contributed by atoms with Crippen molar-refractivity contribution in [2.45, 2.75) is 30.5 Å². The number of para-hydroxylation sites is 1. The van der Waals surface area contributed by atoms with Gasteiger partial charge in [0, 0.05) is 18.1 Å². The molecule has 37 heavy (non-hydrogen) atoms. The molecule has 0 atom stereocenters. The standard InChI is InChI=1S/C27H26ClF3N2O3S/c1-26(2,34)21-15-18(12-13-20(21)17-8-7-9-19(14-17)37(3,4,35)36)24-16-25(27(29,30)31)32-33(24)23-11-6-5-10-22(23)28/h5-16,34H,1-4H3,(H,35,36). The predicted octanol–water partition coefficient (Wildman–Crippen LogP) is 7.02. The smallest absolute Gasteiger partial charge is 0.386 e. The zero-order valence-corrected chi connectivity index (χ0v) is 22.1. The summed E-state index contributed by atoms with van der Waals surface area (Å²) < 4.78 is 65.3. The molecule has 4 rings (SSSR count).